The minimum atomic E-state index is -0.950. The van der Waals surface area contributed by atoms with E-state index in [1.165, 1.54) is 7.11 Å². The summed E-state index contributed by atoms with van der Waals surface area (Å²) in [7, 11) is 3.20. The molecule has 0 aliphatic rings. The van der Waals surface area contributed by atoms with Crippen molar-refractivity contribution in [3.05, 3.63) is 71.8 Å². The van der Waals surface area contributed by atoms with Gasteiger partial charge in [0.2, 0.25) is 0 Å². The van der Waals surface area contributed by atoms with E-state index in [1.54, 1.807) is 31.3 Å². The lowest BCUT2D eigenvalue weighted by Crippen LogP contribution is -1.96. The molecular formula is C22H18F2N2O3. The first-order valence-electron chi connectivity index (χ1n) is 8.92. The molecule has 1 N–H and O–H groups in total. The monoisotopic (exact) mass is 396 g/mol. The quantitative estimate of drug-likeness (QED) is 0.473. The number of halogens is 2. The Morgan fingerprint density at radius 3 is 2.52 bits per heavy atom. The Hall–Kier alpha value is -3.61. The Morgan fingerprint density at radius 1 is 1.03 bits per heavy atom. The second kappa shape index (κ2) is 7.79. The van der Waals surface area contributed by atoms with Gasteiger partial charge in [0, 0.05) is 24.2 Å². The zero-order valence-electron chi connectivity index (χ0n) is 15.8. The van der Waals surface area contributed by atoms with Crippen molar-refractivity contribution in [2.45, 2.75) is 6.61 Å². The van der Waals surface area contributed by atoms with Gasteiger partial charge >= 0.3 is 0 Å². The number of para-hydroxylation sites is 1. The number of methoxy groups -OCH3 is 1. The van der Waals surface area contributed by atoms with Gasteiger partial charge in [-0.25, -0.2) is 8.78 Å². The second-order valence-electron chi connectivity index (χ2n) is 6.35. The molecule has 5 nitrogen and oxygen atoms in total. The van der Waals surface area contributed by atoms with Crippen molar-refractivity contribution in [3.63, 3.8) is 0 Å². The highest BCUT2D eigenvalue weighted by atomic mass is 19.2. The van der Waals surface area contributed by atoms with Crippen LogP contribution in [0.3, 0.4) is 0 Å². The Bertz CT molecular complexity index is 1160. The molecule has 0 fully saturated rings. The number of rotatable bonds is 6. The summed E-state index contributed by atoms with van der Waals surface area (Å²) >= 11 is 0. The maximum atomic E-state index is 13.7. The molecule has 0 spiro atoms. The van der Waals surface area contributed by atoms with Crippen LogP contribution in [-0.2, 0) is 6.61 Å². The van der Waals surface area contributed by atoms with Crippen molar-refractivity contribution in [3.8, 4) is 22.6 Å². The molecule has 0 saturated heterocycles. The molecule has 4 rings (SSSR count). The second-order valence-corrected chi connectivity index (χ2v) is 6.35. The molecule has 0 unspecified atom stereocenters. The van der Waals surface area contributed by atoms with Crippen LogP contribution >= 0.6 is 0 Å². The van der Waals surface area contributed by atoms with Crippen LogP contribution in [0.25, 0.3) is 22.1 Å². The zero-order valence-corrected chi connectivity index (χ0v) is 15.8. The third-order valence-electron chi connectivity index (χ3n) is 4.62. The van der Waals surface area contributed by atoms with E-state index >= 15 is 0 Å². The normalized spacial score (nSPS) is 10.9. The molecule has 1 heterocycles. The number of fused-ring (bicyclic) bond motifs is 1. The van der Waals surface area contributed by atoms with E-state index in [2.05, 4.69) is 10.5 Å². The fraction of sp³-hybridized carbons (Fsp3) is 0.136. The lowest BCUT2D eigenvalue weighted by Gasteiger charge is -2.11. The maximum absolute atomic E-state index is 13.7. The summed E-state index contributed by atoms with van der Waals surface area (Å²) in [4.78, 5) is 0. The van der Waals surface area contributed by atoms with Crippen LogP contribution in [-0.4, -0.2) is 19.3 Å². The standard InChI is InChI=1S/C22H18F2N2O3/c1-25-22-16-5-3-4-14(21(16)29-26-22)12-28-15-8-6-13(7-9-15)17-10-18(23)19(24)11-20(17)27-2/h3-11H,12H2,1-2H3,(H,25,26). The maximum Gasteiger partial charge on any atom is 0.177 e. The average molecular weight is 396 g/mol. The minimum absolute atomic E-state index is 0.259. The third-order valence-corrected chi connectivity index (χ3v) is 4.62. The largest absolute Gasteiger partial charge is 0.496 e. The summed E-state index contributed by atoms with van der Waals surface area (Å²) in [5.74, 6) is -0.321. The molecule has 148 valence electrons. The van der Waals surface area contributed by atoms with Gasteiger partial charge in [0.05, 0.1) is 12.5 Å². The van der Waals surface area contributed by atoms with Gasteiger partial charge in [-0.1, -0.05) is 29.4 Å². The Balaban J connectivity index is 1.54. The highest BCUT2D eigenvalue weighted by Crippen LogP contribution is 2.33. The lowest BCUT2D eigenvalue weighted by atomic mass is 10.0. The first-order valence-corrected chi connectivity index (χ1v) is 8.92. The smallest absolute Gasteiger partial charge is 0.177 e. The minimum Gasteiger partial charge on any atom is -0.496 e. The first kappa shape index (κ1) is 18.7. The highest BCUT2D eigenvalue weighted by molar-refractivity contribution is 5.90. The molecule has 29 heavy (non-hydrogen) atoms. The summed E-state index contributed by atoms with van der Waals surface area (Å²) in [5, 5.41) is 7.86. The van der Waals surface area contributed by atoms with Gasteiger partial charge in [0.15, 0.2) is 23.0 Å². The molecule has 0 amide bonds. The molecule has 7 heteroatoms. The fourth-order valence-electron chi connectivity index (χ4n) is 3.13. The van der Waals surface area contributed by atoms with Crippen LogP contribution in [0.4, 0.5) is 14.6 Å². The van der Waals surface area contributed by atoms with Crippen molar-refractivity contribution in [2.75, 3.05) is 19.5 Å². The SMILES string of the molecule is CNc1noc2c(COc3ccc(-c4cc(F)c(F)cc4OC)cc3)cccc12. The molecule has 0 atom stereocenters. The molecule has 0 saturated carbocycles. The van der Waals surface area contributed by atoms with Crippen molar-refractivity contribution in [1.82, 2.24) is 5.16 Å². The van der Waals surface area contributed by atoms with Crippen molar-refractivity contribution in [1.29, 1.82) is 0 Å². The van der Waals surface area contributed by atoms with E-state index in [9.17, 15) is 8.78 Å². The molecule has 0 aliphatic carbocycles. The lowest BCUT2D eigenvalue weighted by molar-refractivity contribution is 0.304. The predicted octanol–water partition coefficient (Wildman–Crippen LogP) is 5.40. The van der Waals surface area contributed by atoms with Crippen LogP contribution in [0.2, 0.25) is 0 Å². The Kier molecular flexibility index (Phi) is 5.03. The summed E-state index contributed by atoms with van der Waals surface area (Å²) in [6.07, 6.45) is 0. The third kappa shape index (κ3) is 3.59. The van der Waals surface area contributed by atoms with Gasteiger partial charge in [-0.2, -0.15) is 0 Å². The summed E-state index contributed by atoms with van der Waals surface area (Å²) in [6, 6.07) is 14.9. The van der Waals surface area contributed by atoms with Crippen LogP contribution in [0.1, 0.15) is 5.56 Å². The molecule has 4 aromatic rings. The van der Waals surface area contributed by atoms with E-state index in [0.717, 1.165) is 23.1 Å². The van der Waals surface area contributed by atoms with Gasteiger partial charge in [-0.15, -0.1) is 0 Å². The van der Waals surface area contributed by atoms with Gasteiger partial charge in [-0.3, -0.25) is 0 Å². The van der Waals surface area contributed by atoms with Crippen molar-refractivity contribution >= 4 is 16.8 Å². The molecule has 0 bridgehead atoms. The summed E-state index contributed by atoms with van der Waals surface area (Å²) in [5.41, 5.74) is 2.68. The average Bonchev–Trinajstić information content (AvgIpc) is 3.18. The number of hydrogen-bond acceptors (Lipinski definition) is 5. The molecule has 0 aliphatic heterocycles. The number of aromatic nitrogens is 1. The van der Waals surface area contributed by atoms with Gasteiger partial charge in [0.25, 0.3) is 0 Å². The number of benzene rings is 3. The van der Waals surface area contributed by atoms with E-state index in [-0.39, 0.29) is 5.75 Å². The van der Waals surface area contributed by atoms with Crippen molar-refractivity contribution < 1.29 is 22.8 Å². The van der Waals surface area contributed by atoms with Gasteiger partial charge in [-0.05, 0) is 29.8 Å². The predicted molar refractivity (Wildman–Crippen MR) is 106 cm³/mol. The number of nitrogens with one attached hydrogen (secondary N) is 1. The van der Waals surface area contributed by atoms with Gasteiger partial charge in [0.1, 0.15) is 18.1 Å². The summed E-state index contributed by atoms with van der Waals surface area (Å²) < 4.78 is 43.5. The number of nitrogens with zero attached hydrogens (tertiary/aromatic N) is 1. The van der Waals surface area contributed by atoms with Crippen LogP contribution in [0.5, 0.6) is 11.5 Å². The molecule has 0 radical (unpaired) electrons. The van der Waals surface area contributed by atoms with Gasteiger partial charge < -0.3 is 19.3 Å². The van der Waals surface area contributed by atoms with E-state index in [1.807, 2.05) is 18.2 Å². The molecule has 3 aromatic carbocycles. The molecule has 1 aromatic heterocycles. The number of hydrogen-bond donors (Lipinski definition) is 1. The number of ether oxygens (including phenoxy) is 2. The number of anilines is 1. The topological polar surface area (TPSA) is 56.5 Å². The highest BCUT2D eigenvalue weighted by Gasteiger charge is 2.13. The molecular weight excluding hydrogens is 378 g/mol. The van der Waals surface area contributed by atoms with Crippen LogP contribution < -0.4 is 14.8 Å². The van der Waals surface area contributed by atoms with E-state index in [0.29, 0.717) is 34.9 Å². The van der Waals surface area contributed by atoms with Crippen LogP contribution in [0.15, 0.2) is 59.1 Å². The zero-order chi connectivity index (χ0) is 20.4. The first-order chi connectivity index (χ1) is 14.1. The Labute approximate surface area is 165 Å². The van der Waals surface area contributed by atoms with E-state index in [4.69, 9.17) is 14.0 Å². The summed E-state index contributed by atoms with van der Waals surface area (Å²) in [6.45, 7) is 0.295. The fourth-order valence-corrected chi connectivity index (χ4v) is 3.13. The van der Waals surface area contributed by atoms with Crippen molar-refractivity contribution in [2.24, 2.45) is 0 Å². The van der Waals surface area contributed by atoms with E-state index < -0.39 is 11.6 Å². The Morgan fingerprint density at radius 2 is 1.79 bits per heavy atom. The van der Waals surface area contributed by atoms with Crippen LogP contribution in [0, 0.1) is 11.6 Å².